The third-order valence-electron chi connectivity index (χ3n) is 4.65. The molecule has 1 saturated heterocycles. The largest absolute Gasteiger partial charge is 0.356 e. The van der Waals surface area contributed by atoms with Crippen molar-refractivity contribution < 1.29 is 4.79 Å². The lowest BCUT2D eigenvalue weighted by Crippen LogP contribution is -2.20. The number of hydrogen-bond acceptors (Lipinski definition) is 1. The summed E-state index contributed by atoms with van der Waals surface area (Å²) >= 11 is 0. The molecule has 0 aromatic rings. The third kappa shape index (κ3) is 1.27. The quantitative estimate of drug-likeness (QED) is 0.627. The lowest BCUT2D eigenvalue weighted by Gasteiger charge is -2.24. The van der Waals surface area contributed by atoms with Crippen LogP contribution >= 0.6 is 0 Å². The first-order valence-electron chi connectivity index (χ1n) is 6.04. The first-order valence-corrected chi connectivity index (χ1v) is 6.04. The molecule has 3 rings (SSSR count). The van der Waals surface area contributed by atoms with Crippen molar-refractivity contribution in [1.29, 1.82) is 0 Å². The van der Waals surface area contributed by atoms with E-state index in [0.29, 0.717) is 11.3 Å². The summed E-state index contributed by atoms with van der Waals surface area (Å²) in [6.07, 6.45) is 9.20. The Labute approximate surface area is 85.4 Å². The van der Waals surface area contributed by atoms with Crippen molar-refractivity contribution in [3.05, 3.63) is 0 Å². The molecule has 1 heterocycles. The summed E-state index contributed by atoms with van der Waals surface area (Å²) in [5, 5.41) is 3.02. The van der Waals surface area contributed by atoms with Gasteiger partial charge in [0.1, 0.15) is 0 Å². The van der Waals surface area contributed by atoms with Crippen LogP contribution in [0.4, 0.5) is 0 Å². The van der Waals surface area contributed by atoms with Crippen molar-refractivity contribution in [3.63, 3.8) is 0 Å². The molecular weight excluding hydrogens is 174 g/mol. The molecule has 0 radical (unpaired) electrons. The van der Waals surface area contributed by atoms with Crippen molar-refractivity contribution in [2.24, 2.45) is 17.3 Å². The van der Waals surface area contributed by atoms with Gasteiger partial charge in [0.2, 0.25) is 5.91 Å². The summed E-state index contributed by atoms with van der Waals surface area (Å²) < 4.78 is 0. The Kier molecular flexibility index (Phi) is 1.86. The topological polar surface area (TPSA) is 29.1 Å². The van der Waals surface area contributed by atoms with E-state index in [4.69, 9.17) is 0 Å². The SMILES string of the molecule is O=C1CC2(CN1)C[C@H]1CCCC[C@@H]1C2. The second kappa shape index (κ2) is 2.98. The second-order valence-electron chi connectivity index (χ2n) is 5.67. The zero-order valence-corrected chi connectivity index (χ0v) is 8.72. The third-order valence-corrected chi connectivity index (χ3v) is 4.65. The van der Waals surface area contributed by atoms with Crippen molar-refractivity contribution >= 4 is 5.91 Å². The molecule has 1 N–H and O–H groups in total. The predicted molar refractivity (Wildman–Crippen MR) is 54.7 cm³/mol. The standard InChI is InChI=1S/C12H19NO/c14-11-7-12(8-13-11)5-9-3-1-2-4-10(9)6-12/h9-10H,1-8H2,(H,13,14)/t9-,10-/m1/s1. The molecule has 3 aliphatic rings. The summed E-state index contributed by atoms with van der Waals surface area (Å²) in [6, 6.07) is 0. The van der Waals surface area contributed by atoms with E-state index in [1.807, 2.05) is 0 Å². The van der Waals surface area contributed by atoms with Gasteiger partial charge in [0.05, 0.1) is 0 Å². The molecule has 2 nitrogen and oxygen atoms in total. The van der Waals surface area contributed by atoms with Crippen molar-refractivity contribution in [1.82, 2.24) is 5.32 Å². The van der Waals surface area contributed by atoms with E-state index in [1.54, 1.807) is 0 Å². The van der Waals surface area contributed by atoms with Gasteiger partial charge in [-0.1, -0.05) is 25.7 Å². The van der Waals surface area contributed by atoms with Gasteiger partial charge in [-0.15, -0.1) is 0 Å². The highest BCUT2D eigenvalue weighted by molar-refractivity contribution is 5.79. The van der Waals surface area contributed by atoms with Crippen LogP contribution < -0.4 is 5.32 Å². The molecule has 78 valence electrons. The molecule has 0 aromatic heterocycles. The van der Waals surface area contributed by atoms with E-state index in [1.165, 1.54) is 38.5 Å². The van der Waals surface area contributed by atoms with Crippen LogP contribution in [0.1, 0.15) is 44.9 Å². The lowest BCUT2D eigenvalue weighted by molar-refractivity contribution is -0.119. The van der Waals surface area contributed by atoms with Crippen LogP contribution in [0.5, 0.6) is 0 Å². The Morgan fingerprint density at radius 3 is 2.29 bits per heavy atom. The molecule has 2 aliphatic carbocycles. The van der Waals surface area contributed by atoms with Crippen LogP contribution in [-0.4, -0.2) is 12.5 Å². The Hall–Kier alpha value is -0.530. The van der Waals surface area contributed by atoms with E-state index in [0.717, 1.165) is 24.8 Å². The average Bonchev–Trinajstić information content (AvgIpc) is 2.69. The van der Waals surface area contributed by atoms with E-state index in [9.17, 15) is 4.79 Å². The van der Waals surface area contributed by atoms with E-state index in [2.05, 4.69) is 5.32 Å². The molecule has 0 aromatic carbocycles. The van der Waals surface area contributed by atoms with Gasteiger partial charge in [0.15, 0.2) is 0 Å². The first kappa shape index (κ1) is 8.75. The molecule has 0 bridgehead atoms. The van der Waals surface area contributed by atoms with Gasteiger partial charge < -0.3 is 5.32 Å². The highest BCUT2D eigenvalue weighted by atomic mass is 16.1. The lowest BCUT2D eigenvalue weighted by atomic mass is 9.82. The Morgan fingerprint density at radius 2 is 1.79 bits per heavy atom. The molecular formula is C12H19NO. The Balaban J connectivity index is 1.76. The molecule has 2 saturated carbocycles. The van der Waals surface area contributed by atoms with Gasteiger partial charge in [0.25, 0.3) is 0 Å². The smallest absolute Gasteiger partial charge is 0.220 e. The minimum atomic E-state index is 0.295. The first-order chi connectivity index (χ1) is 6.77. The summed E-state index contributed by atoms with van der Waals surface area (Å²) in [4.78, 5) is 11.3. The molecule has 0 unspecified atom stereocenters. The fourth-order valence-electron chi connectivity index (χ4n) is 4.06. The summed E-state index contributed by atoms with van der Waals surface area (Å²) in [7, 11) is 0. The second-order valence-corrected chi connectivity index (χ2v) is 5.67. The maximum atomic E-state index is 11.3. The molecule has 1 spiro atoms. The fraction of sp³-hybridized carbons (Fsp3) is 0.917. The molecule has 1 amide bonds. The predicted octanol–water partition coefficient (Wildman–Crippen LogP) is 2.09. The van der Waals surface area contributed by atoms with Crippen LogP contribution in [0.3, 0.4) is 0 Å². The maximum absolute atomic E-state index is 11.3. The van der Waals surface area contributed by atoms with Crippen LogP contribution in [0, 0.1) is 17.3 Å². The number of nitrogens with one attached hydrogen (secondary N) is 1. The van der Waals surface area contributed by atoms with Crippen LogP contribution in [-0.2, 0) is 4.79 Å². The number of hydrogen-bond donors (Lipinski definition) is 1. The summed E-state index contributed by atoms with van der Waals surface area (Å²) in [6.45, 7) is 0.971. The summed E-state index contributed by atoms with van der Waals surface area (Å²) in [5.74, 6) is 2.21. The molecule has 14 heavy (non-hydrogen) atoms. The number of fused-ring (bicyclic) bond motifs is 1. The number of carbonyl (C=O) groups is 1. The minimum Gasteiger partial charge on any atom is -0.356 e. The zero-order chi connectivity index (χ0) is 9.60. The van der Waals surface area contributed by atoms with E-state index >= 15 is 0 Å². The van der Waals surface area contributed by atoms with Crippen LogP contribution in [0.2, 0.25) is 0 Å². The van der Waals surface area contributed by atoms with Crippen molar-refractivity contribution in [2.45, 2.75) is 44.9 Å². The molecule has 3 fully saturated rings. The molecule has 2 heteroatoms. The van der Waals surface area contributed by atoms with Crippen molar-refractivity contribution in [2.75, 3.05) is 6.54 Å². The zero-order valence-electron chi connectivity index (χ0n) is 8.72. The van der Waals surface area contributed by atoms with E-state index < -0.39 is 0 Å². The van der Waals surface area contributed by atoms with Crippen LogP contribution in [0.25, 0.3) is 0 Å². The highest BCUT2D eigenvalue weighted by Gasteiger charge is 2.49. The van der Waals surface area contributed by atoms with Gasteiger partial charge >= 0.3 is 0 Å². The highest BCUT2D eigenvalue weighted by Crippen LogP contribution is 2.54. The maximum Gasteiger partial charge on any atom is 0.220 e. The fourth-order valence-corrected chi connectivity index (χ4v) is 4.06. The number of rotatable bonds is 0. The minimum absolute atomic E-state index is 0.295. The monoisotopic (exact) mass is 193 g/mol. The number of amides is 1. The van der Waals surface area contributed by atoms with Gasteiger partial charge in [-0.2, -0.15) is 0 Å². The van der Waals surface area contributed by atoms with Gasteiger partial charge in [-0.05, 0) is 30.1 Å². The normalized spacial score (nSPS) is 39.9. The average molecular weight is 193 g/mol. The van der Waals surface area contributed by atoms with Gasteiger partial charge in [-0.25, -0.2) is 0 Å². The van der Waals surface area contributed by atoms with Crippen LogP contribution in [0.15, 0.2) is 0 Å². The number of carbonyl (C=O) groups excluding carboxylic acids is 1. The van der Waals surface area contributed by atoms with E-state index in [-0.39, 0.29) is 0 Å². The molecule has 1 aliphatic heterocycles. The molecule has 2 atom stereocenters. The van der Waals surface area contributed by atoms with Gasteiger partial charge in [-0.3, -0.25) is 4.79 Å². The Morgan fingerprint density at radius 1 is 1.14 bits per heavy atom. The Bertz CT molecular complexity index is 247. The van der Waals surface area contributed by atoms with Crippen molar-refractivity contribution in [3.8, 4) is 0 Å². The van der Waals surface area contributed by atoms with Gasteiger partial charge in [0, 0.05) is 13.0 Å². The summed E-state index contributed by atoms with van der Waals surface area (Å²) in [5.41, 5.74) is 0.386.